The van der Waals surface area contributed by atoms with Gasteiger partial charge in [0.25, 0.3) is 0 Å². The lowest BCUT2D eigenvalue weighted by Crippen LogP contribution is -2.44. The number of benzene rings is 1. The molecule has 3 nitrogen and oxygen atoms in total. The minimum absolute atomic E-state index is 0.432. The van der Waals surface area contributed by atoms with Crippen molar-refractivity contribution in [1.29, 1.82) is 5.26 Å². The van der Waals surface area contributed by atoms with Gasteiger partial charge in [-0.25, -0.2) is 0 Å². The molecule has 0 radical (unpaired) electrons. The first-order chi connectivity index (χ1) is 9.15. The lowest BCUT2D eigenvalue weighted by Gasteiger charge is -2.29. The van der Waals surface area contributed by atoms with Crippen LogP contribution in [0.3, 0.4) is 0 Å². The summed E-state index contributed by atoms with van der Waals surface area (Å²) >= 11 is 0. The van der Waals surface area contributed by atoms with Gasteiger partial charge in [0, 0.05) is 18.8 Å². The number of nitriles is 1. The maximum absolute atomic E-state index is 9.34. The second kappa shape index (κ2) is 7.81. The third-order valence-corrected chi connectivity index (χ3v) is 3.40. The van der Waals surface area contributed by atoms with Gasteiger partial charge in [-0.1, -0.05) is 25.1 Å². The van der Waals surface area contributed by atoms with E-state index in [4.69, 9.17) is 0 Å². The van der Waals surface area contributed by atoms with Crippen molar-refractivity contribution in [3.8, 4) is 6.07 Å². The molecular weight excluding hydrogens is 234 g/mol. The van der Waals surface area contributed by atoms with Crippen molar-refractivity contribution in [2.45, 2.75) is 39.2 Å². The van der Waals surface area contributed by atoms with Crippen molar-refractivity contribution >= 4 is 5.69 Å². The summed E-state index contributed by atoms with van der Waals surface area (Å²) in [6.45, 7) is 8.99. The zero-order chi connectivity index (χ0) is 14.1. The highest BCUT2D eigenvalue weighted by Crippen LogP contribution is 2.16. The fraction of sp³-hybridized carbons (Fsp3) is 0.562. The molecule has 0 heterocycles. The zero-order valence-electron chi connectivity index (χ0n) is 12.3. The van der Waals surface area contributed by atoms with E-state index in [0.29, 0.717) is 0 Å². The highest BCUT2D eigenvalue weighted by atomic mass is 15.1. The summed E-state index contributed by atoms with van der Waals surface area (Å²) in [7, 11) is 0. The fourth-order valence-electron chi connectivity index (χ4n) is 2.05. The highest BCUT2D eigenvalue weighted by Gasteiger charge is 2.23. The van der Waals surface area contributed by atoms with E-state index < -0.39 is 5.54 Å². The summed E-state index contributed by atoms with van der Waals surface area (Å²) in [6.07, 6.45) is 1.87. The van der Waals surface area contributed by atoms with Crippen LogP contribution in [-0.4, -0.2) is 25.2 Å². The summed E-state index contributed by atoms with van der Waals surface area (Å²) in [4.78, 5) is 2.31. The Labute approximate surface area is 117 Å². The lowest BCUT2D eigenvalue weighted by atomic mass is 9.99. The van der Waals surface area contributed by atoms with E-state index in [1.54, 1.807) is 0 Å². The summed E-state index contributed by atoms with van der Waals surface area (Å²) < 4.78 is 0. The first kappa shape index (κ1) is 15.5. The number of hydrogen-bond donors (Lipinski definition) is 1. The zero-order valence-corrected chi connectivity index (χ0v) is 12.3. The largest absolute Gasteiger partial charge is 0.372 e. The van der Waals surface area contributed by atoms with Gasteiger partial charge >= 0.3 is 0 Å². The van der Waals surface area contributed by atoms with Crippen LogP contribution in [0.5, 0.6) is 0 Å². The smallest absolute Gasteiger partial charge is 0.105 e. The molecule has 0 amide bonds. The van der Waals surface area contributed by atoms with Gasteiger partial charge in [0.05, 0.1) is 6.07 Å². The first-order valence-electron chi connectivity index (χ1n) is 7.11. The van der Waals surface area contributed by atoms with Crippen LogP contribution in [0.1, 0.15) is 33.6 Å². The van der Waals surface area contributed by atoms with Crippen LogP contribution >= 0.6 is 0 Å². The Morgan fingerprint density at radius 2 is 1.95 bits per heavy atom. The Hall–Kier alpha value is -1.53. The average Bonchev–Trinajstić information content (AvgIpc) is 2.47. The number of nitrogens with zero attached hydrogens (tertiary/aromatic N) is 2. The maximum Gasteiger partial charge on any atom is 0.105 e. The summed E-state index contributed by atoms with van der Waals surface area (Å²) in [5.74, 6) is 0. The van der Waals surface area contributed by atoms with Gasteiger partial charge in [-0.05, 0) is 45.4 Å². The van der Waals surface area contributed by atoms with Gasteiger partial charge in [-0.3, -0.25) is 5.32 Å². The van der Waals surface area contributed by atoms with Gasteiger partial charge in [-0.2, -0.15) is 5.26 Å². The average molecular weight is 259 g/mol. The van der Waals surface area contributed by atoms with Crippen LogP contribution in [0.2, 0.25) is 0 Å². The van der Waals surface area contributed by atoms with Crippen molar-refractivity contribution < 1.29 is 0 Å². The van der Waals surface area contributed by atoms with Crippen molar-refractivity contribution in [2.24, 2.45) is 0 Å². The standard InChI is InChI=1S/C16H25N3/c1-4-12-18-16(3,14-17)11-13-19(5-2)15-9-7-6-8-10-15/h6-10,18H,4-5,11-13H2,1-3H3. The van der Waals surface area contributed by atoms with Gasteiger partial charge in [0.2, 0.25) is 0 Å². The molecule has 1 atom stereocenters. The molecule has 1 rings (SSSR count). The molecule has 3 heteroatoms. The van der Waals surface area contributed by atoms with E-state index in [1.807, 2.05) is 13.0 Å². The molecule has 0 fully saturated rings. The summed E-state index contributed by atoms with van der Waals surface area (Å²) in [5, 5.41) is 12.7. The van der Waals surface area contributed by atoms with Crippen LogP contribution in [0.25, 0.3) is 0 Å². The first-order valence-corrected chi connectivity index (χ1v) is 7.11. The van der Waals surface area contributed by atoms with Crippen molar-refractivity contribution in [1.82, 2.24) is 5.32 Å². The molecule has 0 saturated carbocycles. The Kier molecular flexibility index (Phi) is 6.38. The van der Waals surface area contributed by atoms with Crippen LogP contribution in [0, 0.1) is 11.3 Å². The Morgan fingerprint density at radius 3 is 2.47 bits per heavy atom. The van der Waals surface area contributed by atoms with E-state index in [9.17, 15) is 5.26 Å². The fourth-order valence-corrected chi connectivity index (χ4v) is 2.05. The minimum Gasteiger partial charge on any atom is -0.372 e. The molecule has 19 heavy (non-hydrogen) atoms. The number of nitrogens with one attached hydrogen (secondary N) is 1. The second-order valence-electron chi connectivity index (χ2n) is 5.04. The van der Waals surface area contributed by atoms with E-state index >= 15 is 0 Å². The number of anilines is 1. The Morgan fingerprint density at radius 1 is 1.26 bits per heavy atom. The van der Waals surface area contributed by atoms with Crippen LogP contribution in [-0.2, 0) is 0 Å². The molecule has 1 unspecified atom stereocenters. The minimum atomic E-state index is -0.432. The van der Waals surface area contributed by atoms with E-state index in [-0.39, 0.29) is 0 Å². The van der Waals surface area contributed by atoms with Crippen LogP contribution < -0.4 is 10.2 Å². The Bertz CT molecular complexity index is 396. The summed E-state index contributed by atoms with van der Waals surface area (Å²) in [6, 6.07) is 12.8. The van der Waals surface area contributed by atoms with Crippen molar-refractivity contribution in [3.05, 3.63) is 30.3 Å². The van der Waals surface area contributed by atoms with Crippen LogP contribution in [0.4, 0.5) is 5.69 Å². The molecule has 1 aromatic carbocycles. The lowest BCUT2D eigenvalue weighted by molar-refractivity contribution is 0.419. The number of hydrogen-bond acceptors (Lipinski definition) is 3. The van der Waals surface area contributed by atoms with Gasteiger partial charge in [0.1, 0.15) is 5.54 Å². The predicted octanol–water partition coefficient (Wildman–Crippen LogP) is 3.18. The third kappa shape index (κ3) is 4.92. The molecule has 0 bridgehead atoms. The molecular formula is C16H25N3. The van der Waals surface area contributed by atoms with Crippen molar-refractivity contribution in [3.63, 3.8) is 0 Å². The highest BCUT2D eigenvalue weighted by molar-refractivity contribution is 5.45. The maximum atomic E-state index is 9.34. The monoisotopic (exact) mass is 259 g/mol. The summed E-state index contributed by atoms with van der Waals surface area (Å²) in [5.41, 5.74) is 0.791. The molecule has 0 aromatic heterocycles. The van der Waals surface area contributed by atoms with E-state index in [2.05, 4.69) is 54.4 Å². The van der Waals surface area contributed by atoms with Gasteiger partial charge in [-0.15, -0.1) is 0 Å². The molecule has 0 aliphatic rings. The van der Waals surface area contributed by atoms with Crippen molar-refractivity contribution in [2.75, 3.05) is 24.5 Å². The van der Waals surface area contributed by atoms with Gasteiger partial charge in [0.15, 0.2) is 0 Å². The second-order valence-corrected chi connectivity index (χ2v) is 5.04. The molecule has 104 valence electrons. The molecule has 0 saturated heterocycles. The quantitative estimate of drug-likeness (QED) is 0.779. The number of para-hydroxylation sites is 1. The molecule has 0 aliphatic heterocycles. The van der Waals surface area contributed by atoms with E-state index in [0.717, 1.165) is 32.5 Å². The van der Waals surface area contributed by atoms with Crippen LogP contribution in [0.15, 0.2) is 30.3 Å². The Balaban J connectivity index is 2.60. The topological polar surface area (TPSA) is 39.1 Å². The third-order valence-electron chi connectivity index (χ3n) is 3.40. The molecule has 0 spiro atoms. The molecule has 0 aliphatic carbocycles. The molecule has 1 N–H and O–H groups in total. The SMILES string of the molecule is CCCNC(C)(C#N)CCN(CC)c1ccccc1. The predicted molar refractivity (Wildman–Crippen MR) is 81.3 cm³/mol. The van der Waals surface area contributed by atoms with E-state index in [1.165, 1.54) is 5.69 Å². The molecule has 1 aromatic rings. The number of rotatable bonds is 8. The van der Waals surface area contributed by atoms with Gasteiger partial charge < -0.3 is 4.90 Å². The normalized spacial score (nSPS) is 13.6.